The number of rotatable bonds is 1. The van der Waals surface area contributed by atoms with Crippen LogP contribution in [0.15, 0.2) is 18.2 Å². The van der Waals surface area contributed by atoms with Crippen LogP contribution in [0.5, 0.6) is 11.5 Å². The van der Waals surface area contributed by atoms with E-state index in [2.05, 4.69) is 0 Å². The third kappa shape index (κ3) is 3.24. The van der Waals surface area contributed by atoms with Crippen LogP contribution in [0.25, 0.3) is 0 Å². The number of quaternary nitrogens is 1. The Balaban J connectivity index is 0.00000144. The van der Waals surface area contributed by atoms with Crippen LogP contribution >= 0.6 is 0 Å². The first-order chi connectivity index (χ1) is 5.39. The second-order valence-corrected chi connectivity index (χ2v) is 3.72. The van der Waals surface area contributed by atoms with Gasteiger partial charge in [-0.2, -0.15) is 0 Å². The van der Waals surface area contributed by atoms with Gasteiger partial charge in [0.25, 0.3) is 0 Å². The molecule has 74 valence electrons. The molecular formula is C9H14BrNO2. The summed E-state index contributed by atoms with van der Waals surface area (Å²) in [6.07, 6.45) is 0. The first kappa shape index (κ1) is 12.3. The van der Waals surface area contributed by atoms with Gasteiger partial charge in [0.2, 0.25) is 0 Å². The molecule has 0 heterocycles. The van der Waals surface area contributed by atoms with Crippen molar-refractivity contribution in [1.82, 2.24) is 4.48 Å². The van der Waals surface area contributed by atoms with Gasteiger partial charge in [-0.05, 0) is 0 Å². The third-order valence-corrected chi connectivity index (χ3v) is 1.66. The molecule has 0 aliphatic heterocycles. The van der Waals surface area contributed by atoms with E-state index in [9.17, 15) is 10.2 Å². The fourth-order valence-electron chi connectivity index (χ4n) is 0.967. The van der Waals surface area contributed by atoms with Crippen LogP contribution < -0.4 is 21.5 Å². The molecule has 0 unspecified atom stereocenters. The standard InChI is InChI=1S/C9H13NO2.BrH/c1-10(2,3)7-4-8(11)6-9(12)5-7;/h4-6H,1-3H3,(H-,11,12);1H. The van der Waals surface area contributed by atoms with E-state index in [4.69, 9.17) is 0 Å². The van der Waals surface area contributed by atoms with Crippen LogP contribution in [0.3, 0.4) is 0 Å². The zero-order chi connectivity index (χ0) is 9.35. The van der Waals surface area contributed by atoms with Gasteiger partial charge in [0, 0.05) is 18.2 Å². The fraction of sp³-hybridized carbons (Fsp3) is 0.333. The Morgan fingerprint density at radius 1 is 0.923 bits per heavy atom. The molecule has 0 aliphatic rings. The number of aromatic hydroxyl groups is 2. The third-order valence-electron chi connectivity index (χ3n) is 1.66. The van der Waals surface area contributed by atoms with Gasteiger partial charge in [0.05, 0.1) is 21.1 Å². The van der Waals surface area contributed by atoms with E-state index in [1.165, 1.54) is 6.07 Å². The van der Waals surface area contributed by atoms with Crippen molar-refractivity contribution in [2.75, 3.05) is 21.1 Å². The SMILES string of the molecule is C[N+](C)(C)c1cc(O)cc(O)c1.[Br-]. The van der Waals surface area contributed by atoms with Gasteiger partial charge < -0.3 is 27.2 Å². The Morgan fingerprint density at radius 3 is 1.62 bits per heavy atom. The van der Waals surface area contributed by atoms with Crippen LogP contribution in [-0.2, 0) is 0 Å². The molecule has 0 amide bonds. The molecule has 1 aromatic carbocycles. The highest BCUT2D eigenvalue weighted by molar-refractivity contribution is 5.51. The van der Waals surface area contributed by atoms with Crippen molar-refractivity contribution in [2.24, 2.45) is 0 Å². The van der Waals surface area contributed by atoms with Crippen molar-refractivity contribution < 1.29 is 27.2 Å². The molecule has 4 heteroatoms. The van der Waals surface area contributed by atoms with Gasteiger partial charge in [0.1, 0.15) is 17.2 Å². The Kier molecular flexibility index (Phi) is 3.75. The van der Waals surface area contributed by atoms with Crippen molar-refractivity contribution in [1.29, 1.82) is 0 Å². The summed E-state index contributed by atoms with van der Waals surface area (Å²) in [6, 6.07) is 4.60. The Hall–Kier alpha value is -0.740. The van der Waals surface area contributed by atoms with Crippen molar-refractivity contribution in [3.05, 3.63) is 18.2 Å². The fourth-order valence-corrected chi connectivity index (χ4v) is 0.967. The van der Waals surface area contributed by atoms with Gasteiger partial charge in [-0.1, -0.05) is 0 Å². The van der Waals surface area contributed by atoms with Gasteiger partial charge in [-0.25, -0.2) is 0 Å². The lowest BCUT2D eigenvalue weighted by Gasteiger charge is -2.23. The topological polar surface area (TPSA) is 40.5 Å². The quantitative estimate of drug-likeness (QED) is 0.581. The molecule has 1 rings (SSSR count). The molecule has 2 N–H and O–H groups in total. The monoisotopic (exact) mass is 247 g/mol. The minimum atomic E-state index is 0. The van der Waals surface area contributed by atoms with Crippen molar-refractivity contribution in [3.63, 3.8) is 0 Å². The molecule has 0 aromatic heterocycles. The van der Waals surface area contributed by atoms with E-state index < -0.39 is 0 Å². The molecule has 0 fully saturated rings. The average Bonchev–Trinajstić information content (AvgIpc) is 1.82. The largest absolute Gasteiger partial charge is 1.00 e. The van der Waals surface area contributed by atoms with E-state index in [0.29, 0.717) is 4.48 Å². The zero-order valence-electron chi connectivity index (χ0n) is 7.95. The van der Waals surface area contributed by atoms with Crippen molar-refractivity contribution in [2.45, 2.75) is 0 Å². The Labute approximate surface area is 88.6 Å². The number of phenols is 2. The lowest BCUT2D eigenvalue weighted by Crippen LogP contribution is -3.00. The Bertz CT molecular complexity index is 274. The first-order valence-electron chi connectivity index (χ1n) is 3.74. The van der Waals surface area contributed by atoms with Gasteiger partial charge in [-0.15, -0.1) is 0 Å². The number of hydrogen-bond donors (Lipinski definition) is 2. The molecule has 0 saturated heterocycles. The maximum absolute atomic E-state index is 9.19. The van der Waals surface area contributed by atoms with E-state index >= 15 is 0 Å². The predicted molar refractivity (Wildman–Crippen MR) is 49.3 cm³/mol. The highest BCUT2D eigenvalue weighted by Crippen LogP contribution is 2.27. The minimum absolute atomic E-state index is 0. The summed E-state index contributed by atoms with van der Waals surface area (Å²) >= 11 is 0. The molecule has 0 spiro atoms. The number of hydrogen-bond acceptors (Lipinski definition) is 2. The van der Waals surface area contributed by atoms with Crippen LogP contribution in [-0.4, -0.2) is 31.4 Å². The summed E-state index contributed by atoms with van der Waals surface area (Å²) in [5, 5.41) is 18.4. The van der Waals surface area contributed by atoms with Gasteiger partial charge in [0.15, 0.2) is 0 Å². The highest BCUT2D eigenvalue weighted by Gasteiger charge is 2.13. The number of halogens is 1. The summed E-state index contributed by atoms with van der Waals surface area (Å²) < 4.78 is 0.571. The first-order valence-corrected chi connectivity index (χ1v) is 3.74. The summed E-state index contributed by atoms with van der Waals surface area (Å²) in [5.41, 5.74) is 0.868. The van der Waals surface area contributed by atoms with Crippen LogP contribution in [0.1, 0.15) is 0 Å². The summed E-state index contributed by atoms with van der Waals surface area (Å²) in [4.78, 5) is 0. The highest BCUT2D eigenvalue weighted by atomic mass is 79.9. The lowest BCUT2D eigenvalue weighted by atomic mass is 10.2. The molecule has 1 aromatic rings. The normalized spacial score (nSPS) is 10.7. The molecule has 0 atom stereocenters. The average molecular weight is 248 g/mol. The second kappa shape index (κ2) is 3.98. The smallest absolute Gasteiger partial charge is 0.139 e. The number of phenolic OH excluding ortho intramolecular Hbond substituents is 2. The second-order valence-electron chi connectivity index (χ2n) is 3.72. The summed E-state index contributed by atoms with van der Waals surface area (Å²) in [5.74, 6) is 0.191. The van der Waals surface area contributed by atoms with Crippen LogP contribution in [0.4, 0.5) is 5.69 Å². The van der Waals surface area contributed by atoms with E-state index in [-0.39, 0.29) is 28.5 Å². The minimum Gasteiger partial charge on any atom is -1.00 e. The van der Waals surface area contributed by atoms with Crippen LogP contribution in [0.2, 0.25) is 0 Å². The molecular weight excluding hydrogens is 234 g/mol. The molecule has 3 nitrogen and oxygen atoms in total. The molecule has 0 aliphatic carbocycles. The summed E-state index contributed by atoms with van der Waals surface area (Å²) in [6.45, 7) is 0. The lowest BCUT2D eigenvalue weighted by molar-refractivity contribution is -0.00000496. The van der Waals surface area contributed by atoms with E-state index in [0.717, 1.165) is 5.69 Å². The van der Waals surface area contributed by atoms with Crippen molar-refractivity contribution >= 4 is 5.69 Å². The maximum Gasteiger partial charge on any atom is 0.139 e. The molecule has 0 bridgehead atoms. The molecule has 13 heavy (non-hydrogen) atoms. The van der Waals surface area contributed by atoms with E-state index in [1.54, 1.807) is 12.1 Å². The van der Waals surface area contributed by atoms with Gasteiger partial charge >= 0.3 is 0 Å². The van der Waals surface area contributed by atoms with Gasteiger partial charge in [-0.3, -0.25) is 4.48 Å². The number of benzene rings is 1. The maximum atomic E-state index is 9.19. The number of nitrogens with zero attached hydrogens (tertiary/aromatic N) is 1. The van der Waals surface area contributed by atoms with Crippen molar-refractivity contribution in [3.8, 4) is 11.5 Å². The molecule has 0 radical (unpaired) electrons. The Morgan fingerprint density at radius 2 is 1.31 bits per heavy atom. The summed E-state index contributed by atoms with van der Waals surface area (Å²) in [7, 11) is 5.90. The van der Waals surface area contributed by atoms with Crippen LogP contribution in [0, 0.1) is 0 Å². The molecule has 0 saturated carbocycles. The zero-order valence-corrected chi connectivity index (χ0v) is 9.54. The predicted octanol–water partition coefficient (Wildman–Crippen LogP) is -1.70. The van der Waals surface area contributed by atoms with E-state index in [1.807, 2.05) is 21.1 Å².